The van der Waals surface area contributed by atoms with E-state index in [1.165, 1.54) is 18.5 Å². The van der Waals surface area contributed by atoms with Crippen LogP contribution in [0.25, 0.3) is 11.2 Å². The third-order valence-electron chi connectivity index (χ3n) is 5.19. The number of carbonyl (C=O) groups is 1. The Morgan fingerprint density at radius 2 is 1.78 bits per heavy atom. The van der Waals surface area contributed by atoms with E-state index in [1.54, 1.807) is 0 Å². The van der Waals surface area contributed by atoms with E-state index in [4.69, 9.17) is 4.74 Å². The van der Waals surface area contributed by atoms with Crippen LogP contribution in [0.3, 0.4) is 0 Å². The topological polar surface area (TPSA) is 116 Å². The molecule has 0 unspecified atom stereocenters. The fraction of sp³-hybridized carbons (Fsp3) is 0.435. The van der Waals surface area contributed by atoms with Crippen molar-refractivity contribution in [3.63, 3.8) is 0 Å². The SMILES string of the molecule is CC(=O)OCc1ccccc1CCc1nc2c(=O)n(C)c(=O)n(CC(C)C)c2nc1CO. The van der Waals surface area contributed by atoms with Crippen molar-refractivity contribution in [1.29, 1.82) is 0 Å². The minimum atomic E-state index is -0.515. The van der Waals surface area contributed by atoms with E-state index < -0.39 is 11.2 Å². The average molecular weight is 441 g/mol. The van der Waals surface area contributed by atoms with Gasteiger partial charge in [0.15, 0.2) is 11.2 Å². The first kappa shape index (κ1) is 23.3. The molecule has 2 aromatic heterocycles. The maximum Gasteiger partial charge on any atom is 0.332 e. The molecule has 0 saturated carbocycles. The van der Waals surface area contributed by atoms with Crippen molar-refractivity contribution in [2.24, 2.45) is 13.0 Å². The number of esters is 1. The number of carbonyl (C=O) groups excluding carboxylic acids is 1. The van der Waals surface area contributed by atoms with E-state index >= 15 is 0 Å². The van der Waals surface area contributed by atoms with Crippen molar-refractivity contribution < 1.29 is 14.6 Å². The first-order valence-corrected chi connectivity index (χ1v) is 10.5. The molecule has 1 N–H and O–H groups in total. The van der Waals surface area contributed by atoms with Crippen molar-refractivity contribution in [2.45, 2.75) is 53.4 Å². The van der Waals surface area contributed by atoms with Gasteiger partial charge in [0.2, 0.25) is 0 Å². The Labute approximate surface area is 185 Å². The van der Waals surface area contributed by atoms with Gasteiger partial charge in [-0.3, -0.25) is 18.7 Å². The minimum absolute atomic E-state index is 0.105. The Morgan fingerprint density at radius 3 is 2.41 bits per heavy atom. The molecule has 0 aliphatic carbocycles. The summed E-state index contributed by atoms with van der Waals surface area (Å²) >= 11 is 0. The Balaban J connectivity index is 2.03. The number of rotatable bonds is 8. The fourth-order valence-corrected chi connectivity index (χ4v) is 3.58. The normalized spacial score (nSPS) is 11.3. The van der Waals surface area contributed by atoms with Gasteiger partial charge in [0, 0.05) is 20.5 Å². The van der Waals surface area contributed by atoms with Crippen molar-refractivity contribution in [1.82, 2.24) is 19.1 Å². The zero-order valence-electron chi connectivity index (χ0n) is 18.8. The van der Waals surface area contributed by atoms with Gasteiger partial charge in [-0.25, -0.2) is 14.8 Å². The second kappa shape index (κ2) is 9.86. The van der Waals surface area contributed by atoms with Crippen LogP contribution >= 0.6 is 0 Å². The van der Waals surface area contributed by atoms with Crippen LogP contribution < -0.4 is 11.2 Å². The lowest BCUT2D eigenvalue weighted by Gasteiger charge is -2.15. The van der Waals surface area contributed by atoms with Crippen molar-refractivity contribution in [3.8, 4) is 0 Å². The van der Waals surface area contributed by atoms with E-state index in [9.17, 15) is 19.5 Å². The highest BCUT2D eigenvalue weighted by Crippen LogP contribution is 2.17. The van der Waals surface area contributed by atoms with Gasteiger partial charge in [-0.15, -0.1) is 0 Å². The first-order chi connectivity index (χ1) is 15.2. The summed E-state index contributed by atoms with van der Waals surface area (Å²) in [4.78, 5) is 45.6. The number of aromatic nitrogens is 4. The molecule has 0 bridgehead atoms. The van der Waals surface area contributed by atoms with Gasteiger partial charge in [0.05, 0.1) is 18.0 Å². The van der Waals surface area contributed by atoms with Gasteiger partial charge in [0.25, 0.3) is 5.56 Å². The van der Waals surface area contributed by atoms with Gasteiger partial charge in [-0.1, -0.05) is 38.1 Å². The zero-order valence-corrected chi connectivity index (χ0v) is 18.8. The molecule has 2 heterocycles. The van der Waals surface area contributed by atoms with Gasteiger partial charge < -0.3 is 9.84 Å². The van der Waals surface area contributed by atoms with E-state index in [0.29, 0.717) is 30.8 Å². The second-order valence-electron chi connectivity index (χ2n) is 8.15. The molecule has 0 amide bonds. The Kier molecular flexibility index (Phi) is 7.19. The van der Waals surface area contributed by atoms with Gasteiger partial charge >= 0.3 is 11.7 Å². The highest BCUT2D eigenvalue weighted by Gasteiger charge is 2.18. The number of ether oxygens (including phenoxy) is 1. The molecule has 1 aromatic carbocycles. The summed E-state index contributed by atoms with van der Waals surface area (Å²) < 4.78 is 7.60. The molecule has 0 spiro atoms. The number of fused-ring (bicyclic) bond motifs is 1. The second-order valence-corrected chi connectivity index (χ2v) is 8.15. The van der Waals surface area contributed by atoms with Crippen molar-refractivity contribution in [3.05, 3.63) is 67.6 Å². The Bertz CT molecular complexity index is 1260. The fourth-order valence-electron chi connectivity index (χ4n) is 3.58. The number of aryl methyl sites for hydroxylation is 2. The summed E-state index contributed by atoms with van der Waals surface area (Å²) in [5, 5.41) is 9.91. The van der Waals surface area contributed by atoms with Crippen LogP contribution in [0.1, 0.15) is 43.3 Å². The van der Waals surface area contributed by atoms with Crippen LogP contribution in [0.2, 0.25) is 0 Å². The van der Waals surface area contributed by atoms with Gasteiger partial charge in [-0.05, 0) is 29.9 Å². The molecule has 3 aromatic rings. The molecule has 0 saturated heterocycles. The molecule has 32 heavy (non-hydrogen) atoms. The zero-order chi connectivity index (χ0) is 23.4. The highest BCUT2D eigenvalue weighted by atomic mass is 16.5. The molecule has 170 valence electrons. The molecule has 0 atom stereocenters. The van der Waals surface area contributed by atoms with E-state index in [2.05, 4.69) is 9.97 Å². The molecule has 9 nitrogen and oxygen atoms in total. The van der Waals surface area contributed by atoms with Crippen LogP contribution in [0.5, 0.6) is 0 Å². The van der Waals surface area contributed by atoms with E-state index in [0.717, 1.165) is 15.7 Å². The molecule has 0 aliphatic heterocycles. The quantitative estimate of drug-likeness (QED) is 0.528. The molecular formula is C23H28N4O5. The molecule has 9 heteroatoms. The molecule has 0 fully saturated rings. The largest absolute Gasteiger partial charge is 0.461 e. The molecule has 3 rings (SSSR count). The highest BCUT2D eigenvalue weighted by molar-refractivity contribution is 5.69. The average Bonchev–Trinajstić information content (AvgIpc) is 2.77. The smallest absolute Gasteiger partial charge is 0.332 e. The summed E-state index contributed by atoms with van der Waals surface area (Å²) in [7, 11) is 1.42. The summed E-state index contributed by atoms with van der Waals surface area (Å²) in [6.07, 6.45) is 0.971. The van der Waals surface area contributed by atoms with Gasteiger partial charge in [-0.2, -0.15) is 0 Å². The predicted molar refractivity (Wildman–Crippen MR) is 119 cm³/mol. The monoisotopic (exact) mass is 440 g/mol. The van der Waals surface area contributed by atoms with Crippen LogP contribution in [0.15, 0.2) is 33.9 Å². The van der Waals surface area contributed by atoms with Crippen LogP contribution in [-0.2, 0) is 49.2 Å². The van der Waals surface area contributed by atoms with E-state index in [-0.39, 0.29) is 36.3 Å². The minimum Gasteiger partial charge on any atom is -0.461 e. The van der Waals surface area contributed by atoms with Crippen LogP contribution in [-0.4, -0.2) is 30.2 Å². The van der Waals surface area contributed by atoms with Crippen LogP contribution in [0.4, 0.5) is 0 Å². The molecular weight excluding hydrogens is 412 g/mol. The lowest BCUT2D eigenvalue weighted by Crippen LogP contribution is -2.40. The number of hydrogen-bond donors (Lipinski definition) is 1. The van der Waals surface area contributed by atoms with E-state index in [1.807, 2.05) is 38.1 Å². The lowest BCUT2D eigenvalue weighted by molar-refractivity contribution is -0.142. The Morgan fingerprint density at radius 1 is 1.09 bits per heavy atom. The van der Waals surface area contributed by atoms with Crippen LogP contribution in [0, 0.1) is 5.92 Å². The van der Waals surface area contributed by atoms with Crippen molar-refractivity contribution in [2.75, 3.05) is 0 Å². The number of hydrogen-bond acceptors (Lipinski definition) is 7. The summed E-state index contributed by atoms with van der Waals surface area (Å²) in [5.41, 5.74) is 2.00. The van der Waals surface area contributed by atoms with Crippen molar-refractivity contribution >= 4 is 17.1 Å². The third kappa shape index (κ3) is 4.94. The summed E-state index contributed by atoms with van der Waals surface area (Å²) in [6.45, 7) is 5.48. The summed E-state index contributed by atoms with van der Waals surface area (Å²) in [5.74, 6) is -0.202. The number of benzene rings is 1. The maximum absolute atomic E-state index is 12.8. The standard InChI is InChI=1S/C23H28N4O5/c1-14(2)11-27-21-20(22(30)26(4)23(27)31)24-18(19(12-28)25-21)10-9-16-7-5-6-8-17(16)13-32-15(3)29/h5-8,14,28H,9-13H2,1-4H3. The summed E-state index contributed by atoms with van der Waals surface area (Å²) in [6, 6.07) is 7.59. The lowest BCUT2D eigenvalue weighted by atomic mass is 10.0. The first-order valence-electron chi connectivity index (χ1n) is 10.5. The third-order valence-corrected chi connectivity index (χ3v) is 5.19. The Hall–Kier alpha value is -3.33. The molecule has 0 radical (unpaired) electrons. The predicted octanol–water partition coefficient (Wildman–Crippen LogP) is 1.49. The number of nitrogens with zero attached hydrogens (tertiary/aromatic N) is 4. The van der Waals surface area contributed by atoms with Gasteiger partial charge in [0.1, 0.15) is 6.61 Å². The number of aliphatic hydroxyl groups excluding tert-OH is 1. The number of aliphatic hydroxyl groups is 1. The molecule has 0 aliphatic rings. The maximum atomic E-state index is 12.8.